The minimum absolute atomic E-state index is 0.167. The van der Waals surface area contributed by atoms with Gasteiger partial charge in [0.2, 0.25) is 0 Å². The van der Waals surface area contributed by atoms with Crippen LogP contribution in [0.2, 0.25) is 0 Å². The molecule has 2 heterocycles. The van der Waals surface area contributed by atoms with Gasteiger partial charge in [-0.15, -0.1) is 0 Å². The minimum Gasteiger partial charge on any atom is -0.436 e. The first-order chi connectivity index (χ1) is 16.5. The summed E-state index contributed by atoms with van der Waals surface area (Å²) in [6.45, 7) is 2.76. The first-order valence-electron chi connectivity index (χ1n) is 12.5. The quantitative estimate of drug-likeness (QED) is 0.598. The molecule has 0 unspecified atom stereocenters. The molecule has 3 aliphatic rings. The van der Waals surface area contributed by atoms with Crippen molar-refractivity contribution >= 4 is 17.7 Å². The fraction of sp³-hybridized carbons (Fsp3) is 0.680. The van der Waals surface area contributed by atoms with Crippen molar-refractivity contribution in [2.45, 2.75) is 57.1 Å². The molecule has 0 aromatic heterocycles. The number of aliphatic hydroxyl groups excluding tert-OH is 1. The van der Waals surface area contributed by atoms with Gasteiger partial charge in [-0.3, -0.25) is 4.79 Å². The van der Waals surface area contributed by atoms with Crippen LogP contribution in [0.4, 0.5) is 14.9 Å². The van der Waals surface area contributed by atoms with Crippen molar-refractivity contribution in [3.05, 3.63) is 29.6 Å². The fourth-order valence-corrected chi connectivity index (χ4v) is 5.29. The smallest absolute Gasteiger partial charge is 0.408 e. The molecule has 1 aliphatic carbocycles. The Kier molecular flexibility index (Phi) is 8.61. The van der Waals surface area contributed by atoms with E-state index >= 15 is 0 Å². The van der Waals surface area contributed by atoms with Crippen LogP contribution in [-0.2, 0) is 20.7 Å². The Morgan fingerprint density at radius 2 is 1.94 bits per heavy atom. The Balaban J connectivity index is 1.36. The number of amides is 2. The van der Waals surface area contributed by atoms with Crippen LogP contribution in [0.5, 0.6) is 0 Å². The van der Waals surface area contributed by atoms with Crippen LogP contribution in [0, 0.1) is 11.7 Å². The van der Waals surface area contributed by atoms with Crippen LogP contribution in [0.15, 0.2) is 18.2 Å². The molecule has 1 saturated carbocycles. The van der Waals surface area contributed by atoms with Gasteiger partial charge in [-0.25, -0.2) is 9.18 Å². The average Bonchev–Trinajstić information content (AvgIpc) is 3.25. The molecule has 9 heteroatoms. The van der Waals surface area contributed by atoms with E-state index in [1.807, 2.05) is 4.90 Å². The second-order valence-electron chi connectivity index (χ2n) is 9.56. The lowest BCUT2D eigenvalue weighted by Gasteiger charge is -2.32. The highest BCUT2D eigenvalue weighted by atomic mass is 19.1. The Hall–Kier alpha value is -2.39. The first kappa shape index (κ1) is 24.7. The number of nitrogens with one attached hydrogen (secondary N) is 1. The van der Waals surface area contributed by atoms with Crippen LogP contribution in [0.25, 0.3) is 0 Å². The number of anilines is 1. The van der Waals surface area contributed by atoms with Crippen LogP contribution >= 0.6 is 0 Å². The van der Waals surface area contributed by atoms with Crippen molar-refractivity contribution in [2.24, 2.45) is 5.92 Å². The minimum atomic E-state index is -0.837. The predicted molar refractivity (Wildman–Crippen MR) is 125 cm³/mol. The molecule has 2 fully saturated rings. The summed E-state index contributed by atoms with van der Waals surface area (Å²) in [5.41, 5.74) is 1.83. The molecule has 2 N–H and O–H groups in total. The molecule has 2 atom stereocenters. The Morgan fingerprint density at radius 1 is 1.18 bits per heavy atom. The van der Waals surface area contributed by atoms with Crippen molar-refractivity contribution in [2.75, 3.05) is 50.9 Å². The number of ether oxygens (including phenoxy) is 2. The zero-order valence-corrected chi connectivity index (χ0v) is 19.7. The van der Waals surface area contributed by atoms with E-state index in [0.29, 0.717) is 58.2 Å². The van der Waals surface area contributed by atoms with Crippen molar-refractivity contribution < 1.29 is 28.6 Å². The molecule has 188 valence electrons. The number of alkyl carbamates (subject to hydrolysis) is 1. The molecule has 34 heavy (non-hydrogen) atoms. The third kappa shape index (κ3) is 6.39. The predicted octanol–water partition coefficient (Wildman–Crippen LogP) is 2.47. The molecule has 2 amide bonds. The Bertz CT molecular complexity index is 842. The summed E-state index contributed by atoms with van der Waals surface area (Å²) < 4.78 is 24.6. The van der Waals surface area contributed by atoms with E-state index in [1.165, 1.54) is 18.6 Å². The number of morpholine rings is 1. The topological polar surface area (TPSA) is 91.3 Å². The van der Waals surface area contributed by atoms with Gasteiger partial charge in [0.05, 0.1) is 25.9 Å². The highest BCUT2D eigenvalue weighted by Gasteiger charge is 2.33. The van der Waals surface area contributed by atoms with Crippen LogP contribution < -0.4 is 10.2 Å². The van der Waals surface area contributed by atoms with Gasteiger partial charge in [-0.05, 0) is 42.5 Å². The number of benzene rings is 1. The van der Waals surface area contributed by atoms with Crippen molar-refractivity contribution in [1.29, 1.82) is 0 Å². The number of rotatable bonds is 8. The molecule has 1 saturated heterocycles. The van der Waals surface area contributed by atoms with Gasteiger partial charge in [0.25, 0.3) is 5.91 Å². The zero-order chi connectivity index (χ0) is 23.9. The van der Waals surface area contributed by atoms with Crippen molar-refractivity contribution in [3.63, 3.8) is 0 Å². The molecule has 2 aliphatic heterocycles. The van der Waals surface area contributed by atoms with E-state index in [-0.39, 0.29) is 18.3 Å². The van der Waals surface area contributed by atoms with Gasteiger partial charge in [-0.2, -0.15) is 0 Å². The summed E-state index contributed by atoms with van der Waals surface area (Å²) in [4.78, 5) is 29.7. The second-order valence-corrected chi connectivity index (χ2v) is 9.56. The lowest BCUT2D eigenvalue weighted by molar-refractivity contribution is -0.145. The zero-order valence-electron chi connectivity index (χ0n) is 19.7. The Morgan fingerprint density at radius 3 is 2.68 bits per heavy atom. The molecule has 0 radical (unpaired) electrons. The number of carbonyl (C=O) groups is 2. The number of nitrogens with zero attached hydrogens (tertiary/aromatic N) is 2. The van der Waals surface area contributed by atoms with Crippen molar-refractivity contribution in [3.8, 4) is 0 Å². The van der Waals surface area contributed by atoms with Crippen LogP contribution in [0.3, 0.4) is 0 Å². The summed E-state index contributed by atoms with van der Waals surface area (Å²) in [5.74, 6) is -0.0679. The van der Waals surface area contributed by atoms with E-state index in [1.54, 1.807) is 11.0 Å². The van der Waals surface area contributed by atoms with Gasteiger partial charge < -0.3 is 29.7 Å². The number of hydrogen-bond donors (Lipinski definition) is 2. The van der Waals surface area contributed by atoms with Gasteiger partial charge in [0.1, 0.15) is 5.82 Å². The fourth-order valence-electron chi connectivity index (χ4n) is 5.29. The van der Waals surface area contributed by atoms with Crippen molar-refractivity contribution in [1.82, 2.24) is 10.2 Å². The Labute approximate surface area is 200 Å². The standard InChI is InChI=1S/C25H36FN3O5/c26-20-6-7-22-19(15-20)8-9-29(22)16-21(17-30)27-25(32)34-23(14-18-4-2-1-3-5-18)24(31)28-10-12-33-13-11-28/h6-7,15,18,21,23,30H,1-5,8-14,16-17H2,(H,27,32)/t21-,23+/m1/s1. The van der Waals surface area contributed by atoms with E-state index in [9.17, 15) is 19.1 Å². The number of aliphatic hydroxyl groups is 1. The number of halogens is 1. The summed E-state index contributed by atoms with van der Waals surface area (Å²) in [7, 11) is 0. The largest absolute Gasteiger partial charge is 0.436 e. The maximum absolute atomic E-state index is 13.5. The summed E-state index contributed by atoms with van der Waals surface area (Å²) in [5, 5.41) is 12.6. The highest BCUT2D eigenvalue weighted by Crippen LogP contribution is 2.30. The lowest BCUT2D eigenvalue weighted by atomic mass is 9.85. The van der Waals surface area contributed by atoms with Crippen LogP contribution in [0.1, 0.15) is 44.1 Å². The van der Waals surface area contributed by atoms with E-state index in [4.69, 9.17) is 9.47 Å². The van der Waals surface area contributed by atoms with Gasteiger partial charge in [0, 0.05) is 31.9 Å². The number of fused-ring (bicyclic) bond motifs is 1. The molecule has 0 spiro atoms. The molecular weight excluding hydrogens is 441 g/mol. The second kappa shape index (κ2) is 11.8. The van der Waals surface area contributed by atoms with E-state index in [0.717, 1.165) is 36.9 Å². The monoisotopic (exact) mass is 477 g/mol. The van der Waals surface area contributed by atoms with E-state index in [2.05, 4.69) is 5.32 Å². The molecule has 1 aromatic carbocycles. The maximum Gasteiger partial charge on any atom is 0.408 e. The third-order valence-electron chi connectivity index (χ3n) is 7.14. The average molecular weight is 478 g/mol. The van der Waals surface area contributed by atoms with Gasteiger partial charge in [0.15, 0.2) is 6.10 Å². The molecule has 4 rings (SSSR count). The summed E-state index contributed by atoms with van der Waals surface area (Å²) in [6, 6.07) is 4.10. The normalized spacial score (nSPS) is 20.5. The summed E-state index contributed by atoms with van der Waals surface area (Å²) in [6.07, 6.45) is 5.30. The molecule has 8 nitrogen and oxygen atoms in total. The molecule has 1 aromatic rings. The molecular formula is C25H36FN3O5. The van der Waals surface area contributed by atoms with Gasteiger partial charge in [-0.1, -0.05) is 32.1 Å². The number of carbonyl (C=O) groups excluding carboxylic acids is 2. The maximum atomic E-state index is 13.5. The lowest BCUT2D eigenvalue weighted by Crippen LogP contribution is -2.50. The highest BCUT2D eigenvalue weighted by molar-refractivity contribution is 5.83. The summed E-state index contributed by atoms with van der Waals surface area (Å²) >= 11 is 0. The van der Waals surface area contributed by atoms with Gasteiger partial charge >= 0.3 is 6.09 Å². The van der Waals surface area contributed by atoms with Crippen LogP contribution in [-0.4, -0.2) is 80.2 Å². The molecule has 0 bridgehead atoms. The third-order valence-corrected chi connectivity index (χ3v) is 7.14. The van der Waals surface area contributed by atoms with E-state index < -0.39 is 18.2 Å². The number of hydrogen-bond acceptors (Lipinski definition) is 6. The SMILES string of the molecule is O=C(N[C@@H](CO)CN1CCc2cc(F)ccc21)O[C@@H](CC1CCCCC1)C(=O)N1CCOCC1. The first-order valence-corrected chi connectivity index (χ1v) is 12.5.